The fourth-order valence-corrected chi connectivity index (χ4v) is 2.23. The molecule has 0 aromatic carbocycles. The van der Waals surface area contributed by atoms with E-state index in [9.17, 15) is 9.59 Å². The third-order valence-electron chi connectivity index (χ3n) is 3.66. The van der Waals surface area contributed by atoms with Crippen LogP contribution < -0.4 is 5.32 Å². The van der Waals surface area contributed by atoms with Gasteiger partial charge in [0.1, 0.15) is 12.1 Å². The van der Waals surface area contributed by atoms with Crippen molar-refractivity contribution in [2.45, 2.75) is 58.6 Å². The van der Waals surface area contributed by atoms with Crippen molar-refractivity contribution in [1.29, 1.82) is 0 Å². The van der Waals surface area contributed by atoms with E-state index in [2.05, 4.69) is 11.9 Å². The summed E-state index contributed by atoms with van der Waals surface area (Å²) in [6, 6.07) is -0.715. The molecule has 1 rings (SSSR count). The van der Waals surface area contributed by atoms with Crippen molar-refractivity contribution < 1.29 is 19.1 Å². The average Bonchev–Trinajstić information content (AvgIpc) is 3.12. The van der Waals surface area contributed by atoms with Crippen LogP contribution in [0.4, 0.5) is 4.79 Å². The van der Waals surface area contributed by atoms with Crippen LogP contribution in [0.25, 0.3) is 0 Å². The number of ether oxygens (including phenoxy) is 2. The third-order valence-corrected chi connectivity index (χ3v) is 3.66. The minimum absolute atomic E-state index is 0.0203. The van der Waals surface area contributed by atoms with Gasteiger partial charge in [-0.25, -0.2) is 9.59 Å². The number of carbonyl (C=O) groups is 2. The summed E-state index contributed by atoms with van der Waals surface area (Å²) in [6.07, 6.45) is 5.35. The molecule has 120 valence electrons. The van der Waals surface area contributed by atoms with Gasteiger partial charge in [-0.1, -0.05) is 26.8 Å². The highest BCUT2D eigenvalue weighted by atomic mass is 16.6. The Morgan fingerprint density at radius 1 is 1.43 bits per heavy atom. The zero-order valence-corrected chi connectivity index (χ0v) is 13.5. The van der Waals surface area contributed by atoms with Gasteiger partial charge in [-0.3, -0.25) is 0 Å². The minimum atomic E-state index is -0.715. The standard InChI is InChI=1S/C16H27NO4/c1-6-7-8-9-11-10-12(11)21-15(19)17-13(14(18)20-5)16(2,3)4/h6,11-13H,1,7-10H2,2-5H3,(H,17,19)/t11-,12-,13?/m1/s1. The predicted molar refractivity (Wildman–Crippen MR) is 80.8 cm³/mol. The third kappa shape index (κ3) is 5.78. The van der Waals surface area contributed by atoms with Crippen LogP contribution in [0.3, 0.4) is 0 Å². The molecule has 21 heavy (non-hydrogen) atoms. The summed E-state index contributed by atoms with van der Waals surface area (Å²) in [4.78, 5) is 23.6. The van der Waals surface area contributed by atoms with Crippen LogP contribution in [0, 0.1) is 11.3 Å². The maximum atomic E-state index is 11.9. The Kier molecular flexibility index (Phi) is 6.24. The van der Waals surface area contributed by atoms with Crippen LogP contribution in [-0.4, -0.2) is 31.3 Å². The van der Waals surface area contributed by atoms with E-state index in [1.165, 1.54) is 7.11 Å². The number of hydrogen-bond donors (Lipinski definition) is 1. The Balaban J connectivity index is 2.39. The first kappa shape index (κ1) is 17.5. The lowest BCUT2D eigenvalue weighted by atomic mass is 9.87. The molecule has 5 heteroatoms. The van der Waals surface area contributed by atoms with Gasteiger partial charge in [-0.05, 0) is 37.0 Å². The first-order chi connectivity index (χ1) is 9.79. The van der Waals surface area contributed by atoms with Gasteiger partial charge in [0.2, 0.25) is 0 Å². The Bertz CT molecular complexity index is 386. The van der Waals surface area contributed by atoms with Gasteiger partial charge < -0.3 is 14.8 Å². The van der Waals surface area contributed by atoms with E-state index >= 15 is 0 Å². The first-order valence-electron chi connectivity index (χ1n) is 7.45. The predicted octanol–water partition coefficient (Wildman–Crippen LogP) is 3.05. The van der Waals surface area contributed by atoms with Crippen LogP contribution in [0.1, 0.15) is 46.5 Å². The number of hydrogen-bond acceptors (Lipinski definition) is 4. The number of alkyl carbamates (subject to hydrolysis) is 1. The molecule has 0 saturated heterocycles. The fourth-order valence-electron chi connectivity index (χ4n) is 2.23. The maximum absolute atomic E-state index is 11.9. The van der Waals surface area contributed by atoms with Gasteiger partial charge in [-0.2, -0.15) is 0 Å². The van der Waals surface area contributed by atoms with E-state index < -0.39 is 23.5 Å². The molecule has 0 radical (unpaired) electrons. The number of carbonyl (C=O) groups excluding carboxylic acids is 2. The van der Waals surface area contributed by atoms with Crippen LogP contribution in [0.2, 0.25) is 0 Å². The highest BCUT2D eigenvalue weighted by Crippen LogP contribution is 2.38. The van der Waals surface area contributed by atoms with E-state index in [-0.39, 0.29) is 6.10 Å². The lowest BCUT2D eigenvalue weighted by molar-refractivity contribution is -0.145. The van der Waals surface area contributed by atoms with Crippen molar-refractivity contribution in [3.8, 4) is 0 Å². The van der Waals surface area contributed by atoms with Crippen molar-refractivity contribution in [3.05, 3.63) is 12.7 Å². The van der Waals surface area contributed by atoms with Crippen LogP contribution in [0.5, 0.6) is 0 Å². The molecule has 1 aliphatic carbocycles. The van der Waals surface area contributed by atoms with E-state index in [4.69, 9.17) is 9.47 Å². The van der Waals surface area contributed by atoms with Gasteiger partial charge in [-0.15, -0.1) is 6.58 Å². The molecule has 0 aromatic heterocycles. The highest BCUT2D eigenvalue weighted by molar-refractivity contribution is 5.82. The number of methoxy groups -OCH3 is 1. The molecule has 3 atom stereocenters. The molecule has 1 N–H and O–H groups in total. The Hall–Kier alpha value is -1.52. The Morgan fingerprint density at radius 2 is 2.10 bits per heavy atom. The summed E-state index contributed by atoms with van der Waals surface area (Å²) >= 11 is 0. The molecule has 0 aliphatic heterocycles. The molecule has 0 bridgehead atoms. The summed E-state index contributed by atoms with van der Waals surface area (Å²) in [7, 11) is 1.31. The molecule has 1 fully saturated rings. The van der Waals surface area contributed by atoms with Gasteiger partial charge in [0.05, 0.1) is 7.11 Å². The van der Waals surface area contributed by atoms with Crippen molar-refractivity contribution in [2.75, 3.05) is 7.11 Å². The summed E-state index contributed by atoms with van der Waals surface area (Å²) < 4.78 is 10.1. The minimum Gasteiger partial charge on any atom is -0.467 e. The largest absolute Gasteiger partial charge is 0.467 e. The molecule has 5 nitrogen and oxygen atoms in total. The molecular weight excluding hydrogens is 270 g/mol. The van der Waals surface area contributed by atoms with Crippen molar-refractivity contribution in [3.63, 3.8) is 0 Å². The number of rotatable bonds is 7. The van der Waals surface area contributed by atoms with Crippen LogP contribution >= 0.6 is 0 Å². The lowest BCUT2D eigenvalue weighted by Crippen LogP contribution is -2.50. The fraction of sp³-hybridized carbons (Fsp3) is 0.750. The topological polar surface area (TPSA) is 64.6 Å². The number of unbranched alkanes of at least 4 members (excludes halogenated alkanes) is 1. The zero-order chi connectivity index (χ0) is 16.0. The Morgan fingerprint density at radius 3 is 2.62 bits per heavy atom. The number of allylic oxidation sites excluding steroid dienone is 1. The molecule has 1 saturated carbocycles. The summed E-state index contributed by atoms with van der Waals surface area (Å²) in [6.45, 7) is 9.28. The number of amides is 1. The Labute approximate surface area is 127 Å². The van der Waals surface area contributed by atoms with Gasteiger partial charge in [0.15, 0.2) is 0 Å². The van der Waals surface area contributed by atoms with Crippen LogP contribution in [0.15, 0.2) is 12.7 Å². The van der Waals surface area contributed by atoms with Crippen molar-refractivity contribution >= 4 is 12.1 Å². The lowest BCUT2D eigenvalue weighted by Gasteiger charge is -2.28. The van der Waals surface area contributed by atoms with Gasteiger partial charge in [0, 0.05) is 0 Å². The summed E-state index contributed by atoms with van der Waals surface area (Å²) in [5.41, 5.74) is -0.432. The maximum Gasteiger partial charge on any atom is 0.408 e. The molecule has 1 aliphatic rings. The second kappa shape index (κ2) is 7.48. The zero-order valence-electron chi connectivity index (χ0n) is 13.5. The van der Waals surface area contributed by atoms with Crippen molar-refractivity contribution in [2.24, 2.45) is 11.3 Å². The average molecular weight is 297 g/mol. The molecule has 0 aromatic rings. The van der Waals surface area contributed by atoms with Crippen LogP contribution in [-0.2, 0) is 14.3 Å². The molecule has 1 amide bonds. The molecular formula is C16H27NO4. The van der Waals surface area contributed by atoms with E-state index in [1.54, 1.807) is 0 Å². The molecule has 1 unspecified atom stereocenters. The van der Waals surface area contributed by atoms with E-state index in [0.717, 1.165) is 25.7 Å². The normalized spacial score (nSPS) is 22.1. The summed E-state index contributed by atoms with van der Waals surface area (Å²) in [5, 5.41) is 2.61. The van der Waals surface area contributed by atoms with E-state index in [1.807, 2.05) is 26.8 Å². The summed E-state index contributed by atoms with van der Waals surface area (Å²) in [5.74, 6) is -0.0142. The van der Waals surface area contributed by atoms with Crippen molar-refractivity contribution in [1.82, 2.24) is 5.32 Å². The quantitative estimate of drug-likeness (QED) is 0.445. The number of esters is 1. The second-order valence-electron chi connectivity index (χ2n) is 6.63. The molecule has 0 spiro atoms. The highest BCUT2D eigenvalue weighted by Gasteiger charge is 2.41. The second-order valence-corrected chi connectivity index (χ2v) is 6.63. The monoisotopic (exact) mass is 297 g/mol. The SMILES string of the molecule is C=CCCC[C@@H]1C[C@H]1OC(=O)NC(C(=O)OC)C(C)(C)C. The molecule has 0 heterocycles. The van der Waals surface area contributed by atoms with Gasteiger partial charge in [0.25, 0.3) is 0 Å². The number of nitrogens with one attached hydrogen (secondary N) is 1. The van der Waals surface area contributed by atoms with E-state index in [0.29, 0.717) is 5.92 Å². The van der Waals surface area contributed by atoms with Gasteiger partial charge >= 0.3 is 12.1 Å². The smallest absolute Gasteiger partial charge is 0.408 e. The first-order valence-corrected chi connectivity index (χ1v) is 7.45.